The van der Waals surface area contributed by atoms with Gasteiger partial charge >= 0.3 is 0 Å². The van der Waals surface area contributed by atoms with Crippen LogP contribution in [0.4, 0.5) is 8.78 Å². The van der Waals surface area contributed by atoms with Gasteiger partial charge in [-0.05, 0) is 35.4 Å². The van der Waals surface area contributed by atoms with Crippen LogP contribution in [-0.4, -0.2) is 0 Å². The molecule has 0 aliphatic rings. The second-order valence-electron chi connectivity index (χ2n) is 4.34. The summed E-state index contributed by atoms with van der Waals surface area (Å²) >= 11 is 0. The van der Waals surface area contributed by atoms with Crippen LogP contribution in [0.1, 0.15) is 23.3 Å². The molecule has 104 valence electrons. The van der Waals surface area contributed by atoms with Crippen LogP contribution in [0.3, 0.4) is 0 Å². The van der Waals surface area contributed by atoms with Crippen LogP contribution in [0.25, 0.3) is 0 Å². The van der Waals surface area contributed by atoms with Gasteiger partial charge in [0.15, 0.2) is 0 Å². The van der Waals surface area contributed by atoms with Gasteiger partial charge in [0.1, 0.15) is 23.8 Å². The molecule has 0 saturated carbocycles. The summed E-state index contributed by atoms with van der Waals surface area (Å²) in [6.07, 6.45) is 9.22. The van der Waals surface area contributed by atoms with Crippen LogP contribution in [0.15, 0.2) is 48.5 Å². The Morgan fingerprint density at radius 3 is 1.57 bits per heavy atom. The van der Waals surface area contributed by atoms with Crippen molar-refractivity contribution in [1.82, 2.24) is 0 Å². The lowest BCUT2D eigenvalue weighted by Gasteiger charge is -2.18. The monoisotopic (exact) mass is 282 g/mol. The number of hydrogen-bond acceptors (Lipinski definition) is 1. The third-order valence-electron chi connectivity index (χ3n) is 2.88. The number of ether oxygens (including phenoxy) is 1. The first-order valence-electron chi connectivity index (χ1n) is 6.22. The van der Waals surface area contributed by atoms with Gasteiger partial charge < -0.3 is 4.74 Å². The predicted molar refractivity (Wildman–Crippen MR) is 77.0 cm³/mol. The van der Waals surface area contributed by atoms with Crippen molar-refractivity contribution < 1.29 is 13.5 Å². The van der Waals surface area contributed by atoms with Gasteiger partial charge in [-0.1, -0.05) is 36.1 Å². The normalized spacial score (nSPS) is 13.0. The molecule has 0 N–H and O–H groups in total. The molecule has 0 aliphatic heterocycles. The van der Waals surface area contributed by atoms with E-state index >= 15 is 0 Å². The van der Waals surface area contributed by atoms with Gasteiger partial charge in [0.2, 0.25) is 0 Å². The van der Waals surface area contributed by atoms with E-state index in [9.17, 15) is 8.78 Å². The molecule has 1 nitrogen and oxygen atoms in total. The lowest BCUT2D eigenvalue weighted by molar-refractivity contribution is 0.0512. The van der Waals surface area contributed by atoms with E-state index < -0.39 is 23.8 Å². The molecule has 0 aliphatic carbocycles. The van der Waals surface area contributed by atoms with E-state index in [-0.39, 0.29) is 0 Å². The quantitative estimate of drug-likeness (QED) is 0.769. The maximum Gasteiger partial charge on any atom is 0.145 e. The minimum Gasteiger partial charge on any atom is -0.340 e. The molecule has 0 radical (unpaired) electrons. The van der Waals surface area contributed by atoms with Crippen LogP contribution in [-0.2, 0) is 4.74 Å². The van der Waals surface area contributed by atoms with Crippen LogP contribution < -0.4 is 0 Å². The molecule has 0 bridgehead atoms. The number of halogens is 2. The van der Waals surface area contributed by atoms with Crippen molar-refractivity contribution in [2.24, 2.45) is 0 Å². The van der Waals surface area contributed by atoms with Crippen molar-refractivity contribution in [2.45, 2.75) is 12.2 Å². The molecule has 2 atom stereocenters. The zero-order chi connectivity index (χ0) is 15.2. The highest BCUT2D eigenvalue weighted by Crippen LogP contribution is 2.26. The van der Waals surface area contributed by atoms with E-state index in [1.165, 1.54) is 36.4 Å². The maximum absolute atomic E-state index is 13.2. The number of benzene rings is 2. The number of terminal acetylenes is 2. The molecule has 0 fully saturated rings. The fourth-order valence-electron chi connectivity index (χ4n) is 1.90. The van der Waals surface area contributed by atoms with Crippen molar-refractivity contribution >= 4 is 0 Å². The molecule has 0 aromatic heterocycles. The smallest absolute Gasteiger partial charge is 0.145 e. The topological polar surface area (TPSA) is 9.23 Å². The van der Waals surface area contributed by atoms with E-state index in [2.05, 4.69) is 11.8 Å². The van der Waals surface area contributed by atoms with Crippen LogP contribution in [0.2, 0.25) is 0 Å². The third-order valence-corrected chi connectivity index (χ3v) is 2.88. The summed E-state index contributed by atoms with van der Waals surface area (Å²) in [6.45, 7) is 0. The molecule has 0 saturated heterocycles. The van der Waals surface area contributed by atoms with E-state index in [0.717, 1.165) is 0 Å². The fraction of sp³-hybridized carbons (Fsp3) is 0.111. The largest absolute Gasteiger partial charge is 0.340 e. The summed E-state index contributed by atoms with van der Waals surface area (Å²) in [5.74, 6) is 4.00. The molecule has 0 spiro atoms. The summed E-state index contributed by atoms with van der Waals surface area (Å²) in [6, 6.07) is 11.5. The Kier molecular flexibility index (Phi) is 4.72. The minimum atomic E-state index is -0.815. The van der Waals surface area contributed by atoms with Crippen molar-refractivity contribution in [3.8, 4) is 24.7 Å². The molecule has 2 unspecified atom stereocenters. The molecule has 21 heavy (non-hydrogen) atoms. The molecular weight excluding hydrogens is 270 g/mol. The molecule has 2 aromatic rings. The lowest BCUT2D eigenvalue weighted by Crippen LogP contribution is -2.08. The second kappa shape index (κ2) is 6.70. The number of rotatable bonds is 4. The molecule has 2 rings (SSSR count). The first-order valence-corrected chi connectivity index (χ1v) is 6.22. The first kappa shape index (κ1) is 14.8. The van der Waals surface area contributed by atoms with E-state index in [1.807, 2.05) is 0 Å². The minimum absolute atomic E-state index is 0.417. The summed E-state index contributed by atoms with van der Waals surface area (Å²) in [7, 11) is 0. The van der Waals surface area contributed by atoms with Crippen molar-refractivity contribution in [3.63, 3.8) is 0 Å². The van der Waals surface area contributed by atoms with Crippen molar-refractivity contribution in [1.29, 1.82) is 0 Å². The highest BCUT2D eigenvalue weighted by atomic mass is 19.1. The van der Waals surface area contributed by atoms with Gasteiger partial charge in [-0.15, -0.1) is 12.8 Å². The average Bonchev–Trinajstić information content (AvgIpc) is 2.48. The SMILES string of the molecule is C#CC(OC(C#C)c1cccc(F)c1)c1cccc(F)c1. The van der Waals surface area contributed by atoms with Gasteiger partial charge in [0.25, 0.3) is 0 Å². The average molecular weight is 282 g/mol. The Labute approximate surface area is 122 Å². The molecule has 2 aromatic carbocycles. The predicted octanol–water partition coefficient (Wildman–Crippen LogP) is 4.03. The first-order chi connectivity index (χ1) is 10.1. The van der Waals surface area contributed by atoms with Crippen LogP contribution in [0.5, 0.6) is 0 Å². The van der Waals surface area contributed by atoms with Gasteiger partial charge in [0, 0.05) is 0 Å². The Morgan fingerprint density at radius 2 is 1.24 bits per heavy atom. The van der Waals surface area contributed by atoms with Crippen molar-refractivity contribution in [2.75, 3.05) is 0 Å². The zero-order valence-corrected chi connectivity index (χ0v) is 11.1. The Morgan fingerprint density at radius 1 is 0.810 bits per heavy atom. The highest BCUT2D eigenvalue weighted by Gasteiger charge is 2.17. The zero-order valence-electron chi connectivity index (χ0n) is 11.1. The second-order valence-corrected chi connectivity index (χ2v) is 4.34. The van der Waals surface area contributed by atoms with E-state index in [1.54, 1.807) is 12.1 Å². The van der Waals surface area contributed by atoms with Gasteiger partial charge in [-0.25, -0.2) is 8.78 Å². The summed E-state index contributed by atoms with van der Waals surface area (Å²) < 4.78 is 32.1. The van der Waals surface area contributed by atoms with E-state index in [0.29, 0.717) is 11.1 Å². The van der Waals surface area contributed by atoms with Gasteiger partial charge in [-0.3, -0.25) is 0 Å². The Balaban J connectivity index is 2.25. The third kappa shape index (κ3) is 3.69. The van der Waals surface area contributed by atoms with E-state index in [4.69, 9.17) is 17.6 Å². The standard InChI is InChI=1S/C18H12F2O/c1-3-17(13-7-5-9-15(19)11-13)21-18(4-2)14-8-6-10-16(20)12-14/h1-2,5-12,17-18H. The van der Waals surface area contributed by atoms with Crippen LogP contribution >= 0.6 is 0 Å². The Hall–Kier alpha value is -2.62. The summed E-state index contributed by atoms with van der Waals surface area (Å²) in [5.41, 5.74) is 0.961. The molecular formula is C18H12F2O. The molecule has 3 heteroatoms. The summed E-state index contributed by atoms with van der Waals surface area (Å²) in [5, 5.41) is 0. The highest BCUT2D eigenvalue weighted by molar-refractivity contribution is 5.28. The molecule has 0 amide bonds. The Bertz CT molecular complexity index is 648. The van der Waals surface area contributed by atoms with Crippen LogP contribution in [0, 0.1) is 36.3 Å². The maximum atomic E-state index is 13.2. The number of hydrogen-bond donors (Lipinski definition) is 0. The van der Waals surface area contributed by atoms with Gasteiger partial charge in [0.05, 0.1) is 0 Å². The lowest BCUT2D eigenvalue weighted by atomic mass is 10.1. The van der Waals surface area contributed by atoms with Gasteiger partial charge in [-0.2, -0.15) is 0 Å². The molecule has 0 heterocycles. The summed E-state index contributed by atoms with van der Waals surface area (Å²) in [4.78, 5) is 0. The van der Waals surface area contributed by atoms with Crippen molar-refractivity contribution in [3.05, 3.63) is 71.3 Å². The fourth-order valence-corrected chi connectivity index (χ4v) is 1.90.